The van der Waals surface area contributed by atoms with Crippen molar-refractivity contribution in [3.63, 3.8) is 0 Å². The number of nitrogens with zero attached hydrogens (tertiary/aromatic N) is 2. The van der Waals surface area contributed by atoms with E-state index >= 15 is 0 Å². The lowest BCUT2D eigenvalue weighted by Gasteiger charge is -2.43. The van der Waals surface area contributed by atoms with Gasteiger partial charge in [0.15, 0.2) is 0 Å². The molecule has 2 rings (SSSR count). The van der Waals surface area contributed by atoms with Gasteiger partial charge in [-0.05, 0) is 24.7 Å². The summed E-state index contributed by atoms with van der Waals surface area (Å²) in [6, 6.07) is 0.0862. The van der Waals surface area contributed by atoms with Crippen LogP contribution in [-0.2, 0) is 10.2 Å². The molecule has 0 aromatic heterocycles. The molecule has 2 N–H and O–H groups in total. The van der Waals surface area contributed by atoms with Crippen LogP contribution < -0.4 is 5.73 Å². The van der Waals surface area contributed by atoms with Crippen LogP contribution in [0.25, 0.3) is 0 Å². The molecule has 2 heterocycles. The van der Waals surface area contributed by atoms with Gasteiger partial charge in [-0.3, -0.25) is 0 Å². The molecule has 7 heteroatoms. The highest BCUT2D eigenvalue weighted by atomic mass is 35.5. The molecule has 2 saturated heterocycles. The summed E-state index contributed by atoms with van der Waals surface area (Å²) in [5, 5.41) is 0. The molecule has 20 heavy (non-hydrogen) atoms. The highest BCUT2D eigenvalue weighted by Gasteiger charge is 2.40. The zero-order chi connectivity index (χ0) is 14.1. The van der Waals surface area contributed by atoms with Crippen LogP contribution in [0.1, 0.15) is 46.0 Å². The van der Waals surface area contributed by atoms with Crippen LogP contribution in [0.5, 0.6) is 0 Å². The third-order valence-corrected chi connectivity index (χ3v) is 6.48. The van der Waals surface area contributed by atoms with E-state index in [1.807, 2.05) is 0 Å². The molecule has 0 aromatic rings. The fourth-order valence-electron chi connectivity index (χ4n) is 2.96. The van der Waals surface area contributed by atoms with Gasteiger partial charge in [0.25, 0.3) is 10.2 Å². The maximum Gasteiger partial charge on any atom is 0.281 e. The maximum atomic E-state index is 12.7. The molecule has 2 aliphatic heterocycles. The van der Waals surface area contributed by atoms with Crippen molar-refractivity contribution in [3.8, 4) is 0 Å². The average Bonchev–Trinajstić information content (AvgIpc) is 2.61. The van der Waals surface area contributed by atoms with Crippen molar-refractivity contribution >= 4 is 22.6 Å². The summed E-state index contributed by atoms with van der Waals surface area (Å²) >= 11 is 0. The lowest BCUT2D eigenvalue weighted by Crippen LogP contribution is -2.56. The molecule has 120 valence electrons. The molecule has 5 nitrogen and oxygen atoms in total. The van der Waals surface area contributed by atoms with Gasteiger partial charge in [0.05, 0.1) is 0 Å². The zero-order valence-electron chi connectivity index (χ0n) is 12.5. The highest BCUT2D eigenvalue weighted by Crippen LogP contribution is 2.30. The first-order chi connectivity index (χ1) is 8.84. The van der Waals surface area contributed by atoms with Crippen LogP contribution in [0.3, 0.4) is 0 Å². The molecule has 0 spiro atoms. The van der Waals surface area contributed by atoms with Crippen LogP contribution in [0.15, 0.2) is 0 Å². The van der Waals surface area contributed by atoms with Crippen LogP contribution in [0, 0.1) is 5.41 Å². The normalized spacial score (nSPS) is 29.4. The Morgan fingerprint density at radius 2 is 1.55 bits per heavy atom. The van der Waals surface area contributed by atoms with Gasteiger partial charge in [0.2, 0.25) is 0 Å². The minimum absolute atomic E-state index is 0. The van der Waals surface area contributed by atoms with Gasteiger partial charge in [-0.2, -0.15) is 17.0 Å². The van der Waals surface area contributed by atoms with E-state index in [1.165, 1.54) is 0 Å². The lowest BCUT2D eigenvalue weighted by atomic mass is 9.81. The van der Waals surface area contributed by atoms with Crippen LogP contribution in [0.4, 0.5) is 0 Å². The second-order valence-corrected chi connectivity index (χ2v) is 8.47. The number of nitrogens with two attached hydrogens (primary N) is 1. The van der Waals surface area contributed by atoms with E-state index in [2.05, 4.69) is 13.8 Å². The molecule has 2 aliphatic rings. The first-order valence-corrected chi connectivity index (χ1v) is 8.74. The van der Waals surface area contributed by atoms with Crippen molar-refractivity contribution in [1.82, 2.24) is 8.61 Å². The Morgan fingerprint density at radius 3 is 2.05 bits per heavy atom. The van der Waals surface area contributed by atoms with E-state index in [9.17, 15) is 8.42 Å². The average molecular weight is 326 g/mol. The molecule has 0 bridgehead atoms. The smallest absolute Gasteiger partial charge is 0.281 e. The monoisotopic (exact) mass is 325 g/mol. The predicted molar refractivity (Wildman–Crippen MR) is 84.2 cm³/mol. The Labute approximate surface area is 129 Å². The third kappa shape index (κ3) is 3.85. The van der Waals surface area contributed by atoms with Gasteiger partial charge >= 0.3 is 0 Å². The summed E-state index contributed by atoms with van der Waals surface area (Å²) in [5.41, 5.74) is 5.94. The second-order valence-electron chi connectivity index (χ2n) is 6.54. The number of hydrogen-bond donors (Lipinski definition) is 1. The van der Waals surface area contributed by atoms with Crippen LogP contribution in [0.2, 0.25) is 0 Å². The van der Waals surface area contributed by atoms with Crippen molar-refractivity contribution in [2.45, 2.75) is 52.0 Å². The summed E-state index contributed by atoms with van der Waals surface area (Å²) in [7, 11) is -3.29. The Morgan fingerprint density at radius 1 is 1.00 bits per heavy atom. The summed E-state index contributed by atoms with van der Waals surface area (Å²) < 4.78 is 28.7. The van der Waals surface area contributed by atoms with E-state index in [0.717, 1.165) is 32.1 Å². The first-order valence-electron chi connectivity index (χ1n) is 7.35. The predicted octanol–water partition coefficient (Wildman–Crippen LogP) is 1.59. The third-order valence-electron chi connectivity index (χ3n) is 4.49. The highest BCUT2D eigenvalue weighted by molar-refractivity contribution is 7.86. The van der Waals surface area contributed by atoms with E-state index in [1.54, 1.807) is 8.61 Å². The van der Waals surface area contributed by atoms with Gasteiger partial charge in [-0.1, -0.05) is 26.7 Å². The van der Waals surface area contributed by atoms with Crippen molar-refractivity contribution in [1.29, 1.82) is 0 Å². The summed E-state index contributed by atoms with van der Waals surface area (Å²) in [6.07, 6.45) is 5.00. The van der Waals surface area contributed by atoms with E-state index in [4.69, 9.17) is 5.73 Å². The van der Waals surface area contributed by atoms with Gasteiger partial charge in [0, 0.05) is 32.2 Å². The van der Waals surface area contributed by atoms with Crippen molar-refractivity contribution in [3.05, 3.63) is 0 Å². The van der Waals surface area contributed by atoms with Crippen molar-refractivity contribution in [2.24, 2.45) is 11.1 Å². The summed E-state index contributed by atoms with van der Waals surface area (Å²) in [4.78, 5) is 0. The minimum Gasteiger partial charge on any atom is -0.327 e. The van der Waals surface area contributed by atoms with Gasteiger partial charge in [-0.25, -0.2) is 0 Å². The first kappa shape index (κ1) is 18.2. The molecule has 1 atom stereocenters. The van der Waals surface area contributed by atoms with E-state index in [0.29, 0.717) is 26.2 Å². The summed E-state index contributed by atoms with van der Waals surface area (Å²) in [5.74, 6) is 0. The molecular weight excluding hydrogens is 298 g/mol. The molecular formula is C13H28ClN3O2S. The molecule has 2 fully saturated rings. The SMILES string of the molecule is CC1(C)CN(S(=O)(=O)N2CCCCCC2)CCC1N.Cl. The van der Waals surface area contributed by atoms with Crippen molar-refractivity contribution < 1.29 is 8.42 Å². The maximum absolute atomic E-state index is 12.7. The number of piperidine rings is 1. The Bertz CT molecular complexity index is 406. The molecule has 0 aromatic carbocycles. The minimum atomic E-state index is -3.29. The molecule has 0 radical (unpaired) electrons. The van der Waals surface area contributed by atoms with Crippen LogP contribution in [-0.4, -0.2) is 49.2 Å². The fourth-order valence-corrected chi connectivity index (χ4v) is 4.84. The lowest BCUT2D eigenvalue weighted by molar-refractivity contribution is 0.148. The Hall–Kier alpha value is 0.120. The summed E-state index contributed by atoms with van der Waals surface area (Å²) in [6.45, 7) is 6.55. The largest absolute Gasteiger partial charge is 0.327 e. The number of hydrogen-bond acceptors (Lipinski definition) is 3. The standard InChI is InChI=1S/C13H27N3O2S.ClH/c1-13(2)11-16(10-7-12(13)14)19(17,18)15-8-5-3-4-6-9-15;/h12H,3-11,14H2,1-2H3;1H. The fraction of sp³-hybridized carbons (Fsp3) is 1.00. The van der Waals surface area contributed by atoms with Gasteiger partial charge in [0.1, 0.15) is 0 Å². The van der Waals surface area contributed by atoms with Gasteiger partial charge < -0.3 is 5.73 Å². The van der Waals surface area contributed by atoms with Crippen molar-refractivity contribution in [2.75, 3.05) is 26.2 Å². The molecule has 1 unspecified atom stereocenters. The second kappa shape index (κ2) is 6.92. The number of halogens is 1. The quantitative estimate of drug-likeness (QED) is 0.838. The molecule has 0 amide bonds. The van der Waals surface area contributed by atoms with Crippen LogP contribution >= 0.6 is 12.4 Å². The van der Waals surface area contributed by atoms with E-state index < -0.39 is 10.2 Å². The zero-order valence-corrected chi connectivity index (χ0v) is 14.2. The molecule has 0 aliphatic carbocycles. The Balaban J connectivity index is 0.00000200. The van der Waals surface area contributed by atoms with E-state index in [-0.39, 0.29) is 23.9 Å². The topological polar surface area (TPSA) is 66.6 Å². The molecule has 0 saturated carbocycles. The Kier molecular flexibility index (Phi) is 6.29. The number of rotatable bonds is 2. The van der Waals surface area contributed by atoms with Gasteiger partial charge in [-0.15, -0.1) is 12.4 Å².